The molecule has 1 atom stereocenters. The van der Waals surface area contributed by atoms with Gasteiger partial charge in [0.1, 0.15) is 6.04 Å². The molecule has 7 heteroatoms. The molecule has 17 heavy (non-hydrogen) atoms. The number of carbonyl (C=O) groups excluding carboxylic acids is 1. The summed E-state index contributed by atoms with van der Waals surface area (Å²) in [6.07, 6.45) is 1.53. The number of amides is 1. The number of carbonyl (C=O) groups is 2. The van der Waals surface area contributed by atoms with Gasteiger partial charge in [0.05, 0.1) is 10.7 Å². The average Bonchev–Trinajstić information content (AvgIpc) is 2.70. The van der Waals surface area contributed by atoms with E-state index in [1.807, 2.05) is 0 Å². The maximum atomic E-state index is 11.7. The van der Waals surface area contributed by atoms with Gasteiger partial charge < -0.3 is 19.6 Å². The number of hydrogen-bond donors (Lipinski definition) is 2. The third-order valence-corrected chi connectivity index (χ3v) is 2.66. The van der Waals surface area contributed by atoms with Crippen molar-refractivity contribution in [1.29, 1.82) is 0 Å². The van der Waals surface area contributed by atoms with E-state index >= 15 is 0 Å². The largest absolute Gasteiger partial charge is 0.480 e. The number of rotatable bonds is 6. The Bertz CT molecular complexity index is 403. The summed E-state index contributed by atoms with van der Waals surface area (Å²) in [4.78, 5) is 22.5. The quantitative estimate of drug-likeness (QED) is 0.826. The van der Waals surface area contributed by atoms with Gasteiger partial charge in [-0.1, -0.05) is 0 Å². The molecule has 0 aliphatic rings. The van der Waals surface area contributed by atoms with Crippen LogP contribution in [0.3, 0.4) is 0 Å². The van der Waals surface area contributed by atoms with E-state index in [1.54, 1.807) is 6.07 Å². The lowest BCUT2D eigenvalue weighted by Crippen LogP contribution is -2.41. The second-order valence-electron chi connectivity index (χ2n) is 3.24. The lowest BCUT2D eigenvalue weighted by molar-refractivity contribution is -0.139. The van der Waals surface area contributed by atoms with Crippen LogP contribution in [0.4, 0.5) is 0 Å². The van der Waals surface area contributed by atoms with Gasteiger partial charge in [0.15, 0.2) is 0 Å². The van der Waals surface area contributed by atoms with Gasteiger partial charge in [0.25, 0.3) is 5.91 Å². The van der Waals surface area contributed by atoms with Crippen molar-refractivity contribution in [2.75, 3.05) is 13.7 Å². The molecule has 1 amide bonds. The number of hydrogen-bond acceptors (Lipinski definition) is 4. The van der Waals surface area contributed by atoms with E-state index in [2.05, 4.69) is 21.2 Å². The Balaban J connectivity index is 2.64. The van der Waals surface area contributed by atoms with Crippen molar-refractivity contribution >= 4 is 27.8 Å². The number of carboxylic acids is 1. The van der Waals surface area contributed by atoms with Crippen LogP contribution in [0.25, 0.3) is 0 Å². The summed E-state index contributed by atoms with van der Waals surface area (Å²) in [5, 5.41) is 11.3. The lowest BCUT2D eigenvalue weighted by atomic mass is 10.2. The summed E-state index contributed by atoms with van der Waals surface area (Å²) >= 11 is 3.12. The van der Waals surface area contributed by atoms with Crippen molar-refractivity contribution in [1.82, 2.24) is 5.32 Å². The van der Waals surface area contributed by atoms with Crippen LogP contribution < -0.4 is 5.32 Å². The van der Waals surface area contributed by atoms with E-state index in [-0.39, 0.29) is 18.8 Å². The number of aliphatic carboxylic acids is 1. The van der Waals surface area contributed by atoms with Crippen molar-refractivity contribution in [2.45, 2.75) is 12.5 Å². The minimum atomic E-state index is -1.11. The fraction of sp³-hybridized carbons (Fsp3) is 0.400. The third-order valence-electron chi connectivity index (χ3n) is 2.04. The second kappa shape index (κ2) is 6.41. The molecule has 0 fully saturated rings. The molecule has 1 unspecified atom stereocenters. The first-order valence-corrected chi connectivity index (χ1v) is 5.61. The first-order chi connectivity index (χ1) is 8.06. The molecule has 0 radical (unpaired) electrons. The molecule has 0 bridgehead atoms. The maximum Gasteiger partial charge on any atom is 0.326 e. The van der Waals surface area contributed by atoms with E-state index in [9.17, 15) is 9.59 Å². The molecule has 0 saturated heterocycles. The Labute approximate surface area is 106 Å². The fourth-order valence-corrected chi connectivity index (χ4v) is 1.55. The summed E-state index contributed by atoms with van der Waals surface area (Å²) in [6.45, 7) is 0.247. The van der Waals surface area contributed by atoms with Gasteiger partial charge in [-0.15, -0.1) is 0 Å². The predicted molar refractivity (Wildman–Crippen MR) is 61.8 cm³/mol. The first-order valence-electron chi connectivity index (χ1n) is 4.82. The molecular weight excluding hydrogens is 294 g/mol. The zero-order chi connectivity index (χ0) is 12.8. The van der Waals surface area contributed by atoms with Gasteiger partial charge >= 0.3 is 5.97 Å². The van der Waals surface area contributed by atoms with E-state index in [0.29, 0.717) is 4.47 Å². The van der Waals surface area contributed by atoms with Crippen molar-refractivity contribution in [3.05, 3.63) is 22.6 Å². The molecule has 1 aromatic rings. The van der Waals surface area contributed by atoms with Crippen molar-refractivity contribution in [2.24, 2.45) is 0 Å². The number of furan rings is 1. The SMILES string of the molecule is COCCC(NC(=O)c1occc1Br)C(=O)O. The number of ether oxygens (including phenoxy) is 1. The highest BCUT2D eigenvalue weighted by Gasteiger charge is 2.23. The molecule has 0 spiro atoms. The van der Waals surface area contributed by atoms with Crippen LogP contribution in [0.1, 0.15) is 17.0 Å². The molecule has 0 saturated carbocycles. The monoisotopic (exact) mass is 305 g/mol. The fourth-order valence-electron chi connectivity index (χ4n) is 1.17. The van der Waals surface area contributed by atoms with Crippen LogP contribution in [-0.2, 0) is 9.53 Å². The molecule has 1 rings (SSSR count). The molecule has 6 nitrogen and oxygen atoms in total. The first kappa shape index (κ1) is 13.7. The summed E-state index contributed by atoms with van der Waals surface area (Å²) in [6, 6.07) is 0.555. The van der Waals surface area contributed by atoms with E-state index in [4.69, 9.17) is 14.3 Å². The highest BCUT2D eigenvalue weighted by Crippen LogP contribution is 2.17. The average molecular weight is 306 g/mol. The molecule has 0 aliphatic carbocycles. The Morgan fingerprint density at radius 2 is 2.35 bits per heavy atom. The van der Waals surface area contributed by atoms with Gasteiger partial charge in [0.2, 0.25) is 5.76 Å². The van der Waals surface area contributed by atoms with Crippen LogP contribution in [0.5, 0.6) is 0 Å². The Morgan fingerprint density at radius 1 is 1.65 bits per heavy atom. The van der Waals surface area contributed by atoms with Crippen LogP contribution in [-0.4, -0.2) is 36.7 Å². The zero-order valence-electron chi connectivity index (χ0n) is 9.10. The lowest BCUT2D eigenvalue weighted by Gasteiger charge is -2.12. The van der Waals surface area contributed by atoms with Crippen molar-refractivity contribution < 1.29 is 23.8 Å². The standard InChI is InChI=1S/C10H12BrNO5/c1-16-4-3-7(10(14)15)12-9(13)8-6(11)2-5-17-8/h2,5,7H,3-4H2,1H3,(H,12,13)(H,14,15). The van der Waals surface area contributed by atoms with Gasteiger partial charge in [0, 0.05) is 20.1 Å². The van der Waals surface area contributed by atoms with Gasteiger partial charge in [-0.3, -0.25) is 4.79 Å². The molecule has 0 aromatic carbocycles. The second-order valence-corrected chi connectivity index (χ2v) is 4.10. The van der Waals surface area contributed by atoms with E-state index < -0.39 is 17.9 Å². The van der Waals surface area contributed by atoms with Crippen LogP contribution in [0, 0.1) is 0 Å². The number of halogens is 1. The van der Waals surface area contributed by atoms with Gasteiger partial charge in [-0.05, 0) is 22.0 Å². The third kappa shape index (κ3) is 3.86. The molecule has 94 valence electrons. The normalized spacial score (nSPS) is 12.1. The Hall–Kier alpha value is -1.34. The van der Waals surface area contributed by atoms with Crippen LogP contribution in [0.15, 0.2) is 21.2 Å². The topological polar surface area (TPSA) is 88.8 Å². The molecule has 0 aliphatic heterocycles. The highest BCUT2D eigenvalue weighted by molar-refractivity contribution is 9.10. The Morgan fingerprint density at radius 3 is 2.82 bits per heavy atom. The van der Waals surface area contributed by atoms with E-state index in [1.165, 1.54) is 13.4 Å². The minimum Gasteiger partial charge on any atom is -0.480 e. The van der Waals surface area contributed by atoms with Crippen molar-refractivity contribution in [3.63, 3.8) is 0 Å². The number of methoxy groups -OCH3 is 1. The van der Waals surface area contributed by atoms with Crippen molar-refractivity contribution in [3.8, 4) is 0 Å². The summed E-state index contributed by atoms with van der Waals surface area (Å²) in [5.74, 6) is -1.64. The van der Waals surface area contributed by atoms with Gasteiger partial charge in [-0.25, -0.2) is 4.79 Å². The summed E-state index contributed by atoms with van der Waals surface area (Å²) < 4.78 is 10.2. The van der Waals surface area contributed by atoms with Crippen LogP contribution in [0.2, 0.25) is 0 Å². The molecule has 2 N–H and O–H groups in total. The van der Waals surface area contributed by atoms with Crippen LogP contribution >= 0.6 is 15.9 Å². The van der Waals surface area contributed by atoms with Gasteiger partial charge in [-0.2, -0.15) is 0 Å². The molecular formula is C10H12BrNO5. The molecule has 1 heterocycles. The highest BCUT2D eigenvalue weighted by atomic mass is 79.9. The summed E-state index contributed by atoms with van der Waals surface area (Å²) in [7, 11) is 1.46. The zero-order valence-corrected chi connectivity index (χ0v) is 10.7. The molecule has 1 aromatic heterocycles. The smallest absolute Gasteiger partial charge is 0.326 e. The summed E-state index contributed by atoms with van der Waals surface area (Å²) in [5.41, 5.74) is 0. The number of nitrogens with one attached hydrogen (secondary N) is 1. The minimum absolute atomic E-state index is 0.0497. The van der Waals surface area contributed by atoms with E-state index in [0.717, 1.165) is 0 Å². The number of carboxylic acid groups (broad SMARTS) is 1. The maximum absolute atomic E-state index is 11.7. The predicted octanol–water partition coefficient (Wildman–Crippen LogP) is 1.26. The Kier molecular flexibility index (Phi) is 5.17.